The summed E-state index contributed by atoms with van der Waals surface area (Å²) in [6, 6.07) is -1.24. The van der Waals surface area contributed by atoms with Crippen LogP contribution in [0.4, 0.5) is 4.79 Å². The fraction of sp³-hybridized carbons (Fsp3) is 0.833. The van der Waals surface area contributed by atoms with Gasteiger partial charge < -0.3 is 20.5 Å². The summed E-state index contributed by atoms with van der Waals surface area (Å²) in [5.41, 5.74) is 0. The molecule has 0 heterocycles. The molecule has 0 aromatic carbocycles. The van der Waals surface area contributed by atoms with E-state index in [0.29, 0.717) is 18.7 Å². The standard InChI is InChI=1S/C12H24N2O4S/c1-18-8-5-3-4-7-13-12(17)14-10(11(15)16)6-9-19-2/h10H,3-9H2,1-2H3,(H,15,16)(H2,13,14,17). The molecule has 0 aliphatic rings. The summed E-state index contributed by atoms with van der Waals surface area (Å²) in [7, 11) is 1.66. The van der Waals surface area contributed by atoms with E-state index in [9.17, 15) is 9.59 Å². The number of hydrogen-bond acceptors (Lipinski definition) is 4. The highest BCUT2D eigenvalue weighted by Crippen LogP contribution is 2.01. The highest BCUT2D eigenvalue weighted by molar-refractivity contribution is 7.98. The molecule has 0 bridgehead atoms. The third-order valence-corrected chi connectivity index (χ3v) is 3.17. The molecule has 7 heteroatoms. The molecule has 0 spiro atoms. The Morgan fingerprint density at radius 2 is 2.05 bits per heavy atom. The van der Waals surface area contributed by atoms with E-state index in [0.717, 1.165) is 25.9 Å². The Hall–Kier alpha value is -0.950. The second-order valence-electron chi connectivity index (χ2n) is 4.13. The molecule has 0 saturated heterocycles. The molecule has 2 amide bonds. The highest BCUT2D eigenvalue weighted by atomic mass is 32.2. The lowest BCUT2D eigenvalue weighted by molar-refractivity contribution is -0.139. The molecular formula is C12H24N2O4S. The number of aliphatic carboxylic acids is 1. The van der Waals surface area contributed by atoms with Crippen molar-refractivity contribution in [3.8, 4) is 0 Å². The Morgan fingerprint density at radius 3 is 2.63 bits per heavy atom. The topological polar surface area (TPSA) is 87.7 Å². The molecule has 1 atom stereocenters. The Morgan fingerprint density at radius 1 is 1.32 bits per heavy atom. The first-order valence-electron chi connectivity index (χ1n) is 6.36. The quantitative estimate of drug-likeness (QED) is 0.500. The summed E-state index contributed by atoms with van der Waals surface area (Å²) >= 11 is 1.56. The summed E-state index contributed by atoms with van der Waals surface area (Å²) < 4.78 is 4.92. The molecule has 0 saturated carbocycles. The first-order valence-corrected chi connectivity index (χ1v) is 7.76. The van der Waals surface area contributed by atoms with Crippen LogP contribution in [0.3, 0.4) is 0 Å². The summed E-state index contributed by atoms with van der Waals surface area (Å²) in [5, 5.41) is 14.1. The molecule has 0 aromatic heterocycles. The van der Waals surface area contributed by atoms with E-state index in [1.807, 2.05) is 6.26 Å². The molecule has 6 nitrogen and oxygen atoms in total. The first-order chi connectivity index (χ1) is 9.11. The molecule has 3 N–H and O–H groups in total. The zero-order chi connectivity index (χ0) is 14.5. The lowest BCUT2D eigenvalue weighted by Gasteiger charge is -2.14. The number of carboxylic acid groups (broad SMARTS) is 1. The number of methoxy groups -OCH3 is 1. The maximum Gasteiger partial charge on any atom is 0.326 e. The van der Waals surface area contributed by atoms with Crippen molar-refractivity contribution in [3.63, 3.8) is 0 Å². The van der Waals surface area contributed by atoms with Gasteiger partial charge in [-0.3, -0.25) is 0 Å². The van der Waals surface area contributed by atoms with Gasteiger partial charge in [-0.1, -0.05) is 0 Å². The molecule has 0 rings (SSSR count). The van der Waals surface area contributed by atoms with Gasteiger partial charge in [-0.2, -0.15) is 11.8 Å². The van der Waals surface area contributed by atoms with Gasteiger partial charge in [-0.25, -0.2) is 9.59 Å². The Kier molecular flexibility index (Phi) is 11.5. The van der Waals surface area contributed by atoms with Gasteiger partial charge in [-0.05, 0) is 37.7 Å². The van der Waals surface area contributed by atoms with Crippen molar-refractivity contribution in [3.05, 3.63) is 0 Å². The smallest absolute Gasteiger partial charge is 0.326 e. The Bertz CT molecular complexity index is 264. The van der Waals surface area contributed by atoms with E-state index >= 15 is 0 Å². The molecule has 0 aliphatic heterocycles. The predicted octanol–water partition coefficient (Wildman–Crippen LogP) is 1.31. The van der Waals surface area contributed by atoms with Crippen molar-refractivity contribution in [2.24, 2.45) is 0 Å². The zero-order valence-electron chi connectivity index (χ0n) is 11.6. The van der Waals surface area contributed by atoms with Crippen LogP contribution >= 0.6 is 11.8 Å². The van der Waals surface area contributed by atoms with Crippen LogP contribution in [0, 0.1) is 0 Å². The van der Waals surface area contributed by atoms with Gasteiger partial charge in [0.1, 0.15) is 6.04 Å². The average Bonchev–Trinajstić information content (AvgIpc) is 2.38. The summed E-state index contributed by atoms with van der Waals surface area (Å²) in [6.07, 6.45) is 5.13. The van der Waals surface area contributed by atoms with Gasteiger partial charge in [0.2, 0.25) is 0 Å². The highest BCUT2D eigenvalue weighted by Gasteiger charge is 2.18. The van der Waals surface area contributed by atoms with Crippen molar-refractivity contribution in [2.75, 3.05) is 32.3 Å². The fourth-order valence-corrected chi connectivity index (χ4v) is 1.92. The van der Waals surface area contributed by atoms with E-state index in [2.05, 4.69) is 10.6 Å². The number of unbranched alkanes of at least 4 members (excludes halogenated alkanes) is 2. The van der Waals surface area contributed by atoms with Crippen molar-refractivity contribution >= 4 is 23.8 Å². The van der Waals surface area contributed by atoms with Crippen LogP contribution in [0.2, 0.25) is 0 Å². The second-order valence-corrected chi connectivity index (χ2v) is 5.11. The maximum absolute atomic E-state index is 11.5. The van der Waals surface area contributed by atoms with Crippen LogP contribution in [0.5, 0.6) is 0 Å². The van der Waals surface area contributed by atoms with Crippen LogP contribution < -0.4 is 10.6 Å². The lowest BCUT2D eigenvalue weighted by atomic mass is 10.2. The van der Waals surface area contributed by atoms with Gasteiger partial charge in [0.15, 0.2) is 0 Å². The third-order valence-electron chi connectivity index (χ3n) is 2.52. The molecule has 1 unspecified atom stereocenters. The molecule has 19 heavy (non-hydrogen) atoms. The van der Waals surface area contributed by atoms with Gasteiger partial charge in [-0.15, -0.1) is 0 Å². The number of carbonyl (C=O) groups is 2. The minimum atomic E-state index is -0.996. The summed E-state index contributed by atoms with van der Waals surface area (Å²) in [5.74, 6) is -0.293. The summed E-state index contributed by atoms with van der Waals surface area (Å²) in [6.45, 7) is 1.27. The maximum atomic E-state index is 11.5. The second kappa shape index (κ2) is 12.1. The van der Waals surface area contributed by atoms with Crippen molar-refractivity contribution in [2.45, 2.75) is 31.7 Å². The molecule has 112 valence electrons. The van der Waals surface area contributed by atoms with Gasteiger partial charge in [0.25, 0.3) is 0 Å². The number of amides is 2. The van der Waals surface area contributed by atoms with Crippen molar-refractivity contribution in [1.29, 1.82) is 0 Å². The minimum Gasteiger partial charge on any atom is -0.480 e. The number of thioether (sulfide) groups is 1. The number of nitrogens with one attached hydrogen (secondary N) is 2. The van der Waals surface area contributed by atoms with E-state index in [-0.39, 0.29) is 0 Å². The molecule has 0 aromatic rings. The van der Waals surface area contributed by atoms with Crippen LogP contribution in [-0.4, -0.2) is 55.4 Å². The Balaban J connectivity index is 3.71. The fourth-order valence-electron chi connectivity index (χ4n) is 1.45. The van der Waals surface area contributed by atoms with E-state index < -0.39 is 18.0 Å². The van der Waals surface area contributed by atoms with E-state index in [1.165, 1.54) is 0 Å². The number of carboxylic acids is 1. The van der Waals surface area contributed by atoms with Gasteiger partial charge >= 0.3 is 12.0 Å². The van der Waals surface area contributed by atoms with E-state index in [4.69, 9.17) is 9.84 Å². The van der Waals surface area contributed by atoms with Crippen LogP contribution in [0.15, 0.2) is 0 Å². The number of urea groups is 1. The Labute approximate surface area is 118 Å². The number of hydrogen-bond donors (Lipinski definition) is 3. The van der Waals surface area contributed by atoms with Crippen molar-refractivity contribution < 1.29 is 19.4 Å². The number of rotatable bonds is 11. The zero-order valence-corrected chi connectivity index (χ0v) is 12.4. The SMILES string of the molecule is COCCCCCNC(=O)NC(CCSC)C(=O)O. The van der Waals surface area contributed by atoms with E-state index in [1.54, 1.807) is 18.9 Å². The van der Waals surface area contributed by atoms with Crippen molar-refractivity contribution in [1.82, 2.24) is 10.6 Å². The molecule has 0 aliphatic carbocycles. The normalized spacial score (nSPS) is 11.9. The predicted molar refractivity (Wildman–Crippen MR) is 76.7 cm³/mol. The number of ether oxygens (including phenoxy) is 1. The lowest BCUT2D eigenvalue weighted by Crippen LogP contribution is -2.46. The summed E-state index contributed by atoms with van der Waals surface area (Å²) in [4.78, 5) is 22.4. The number of carbonyl (C=O) groups excluding carboxylic acids is 1. The first kappa shape index (κ1) is 18.0. The largest absolute Gasteiger partial charge is 0.480 e. The van der Waals surface area contributed by atoms with Gasteiger partial charge in [0, 0.05) is 20.3 Å². The average molecular weight is 292 g/mol. The van der Waals surface area contributed by atoms with Crippen LogP contribution in [-0.2, 0) is 9.53 Å². The minimum absolute atomic E-state index is 0.416. The molecule has 0 fully saturated rings. The van der Waals surface area contributed by atoms with Crippen LogP contribution in [0.1, 0.15) is 25.7 Å². The molecule has 0 radical (unpaired) electrons. The third kappa shape index (κ3) is 10.6. The van der Waals surface area contributed by atoms with Gasteiger partial charge in [0.05, 0.1) is 0 Å². The van der Waals surface area contributed by atoms with Crippen LogP contribution in [0.25, 0.3) is 0 Å². The molecular weight excluding hydrogens is 268 g/mol. The monoisotopic (exact) mass is 292 g/mol.